The van der Waals surface area contributed by atoms with Crippen molar-refractivity contribution >= 4 is 23.2 Å². The maximum atomic E-state index is 9.51. The van der Waals surface area contributed by atoms with Gasteiger partial charge in [0.25, 0.3) is 0 Å². The predicted molar refractivity (Wildman–Crippen MR) is 76.4 cm³/mol. The highest BCUT2D eigenvalue weighted by Gasteiger charge is 2.11. The van der Waals surface area contributed by atoms with Gasteiger partial charge in [0.1, 0.15) is 0 Å². The first kappa shape index (κ1) is 13.4. The Labute approximate surface area is 117 Å². The summed E-state index contributed by atoms with van der Waals surface area (Å²) in [5.74, 6) is 0.0701. The quantitative estimate of drug-likeness (QED) is 0.885. The van der Waals surface area contributed by atoms with Crippen LogP contribution in [0.2, 0.25) is 10.0 Å². The Kier molecular flexibility index (Phi) is 4.65. The third-order valence-electron chi connectivity index (χ3n) is 2.93. The standard InChI is InChI=1S/C15H14Cl2O/c16-14-6-4-12(5-7-14)13(10-18)8-11-2-1-3-15(17)9-11/h1-7,9,13,18H,8,10H2. The summed E-state index contributed by atoms with van der Waals surface area (Å²) in [7, 11) is 0. The molecule has 1 unspecified atom stereocenters. The lowest BCUT2D eigenvalue weighted by molar-refractivity contribution is 0.264. The van der Waals surface area contributed by atoms with E-state index in [0.29, 0.717) is 5.02 Å². The Hall–Kier alpha value is -1.02. The Balaban J connectivity index is 2.17. The summed E-state index contributed by atoms with van der Waals surface area (Å²) >= 11 is 11.8. The molecule has 0 saturated heterocycles. The third-order valence-corrected chi connectivity index (χ3v) is 3.42. The highest BCUT2D eigenvalue weighted by molar-refractivity contribution is 6.30. The molecule has 2 aromatic rings. The minimum Gasteiger partial charge on any atom is -0.396 e. The van der Waals surface area contributed by atoms with Crippen LogP contribution in [0.4, 0.5) is 0 Å². The van der Waals surface area contributed by atoms with Gasteiger partial charge in [-0.1, -0.05) is 47.5 Å². The van der Waals surface area contributed by atoms with Crippen LogP contribution in [-0.2, 0) is 6.42 Å². The van der Waals surface area contributed by atoms with E-state index >= 15 is 0 Å². The van der Waals surface area contributed by atoms with Gasteiger partial charge in [-0.2, -0.15) is 0 Å². The number of rotatable bonds is 4. The Bertz CT molecular complexity index is 508. The SMILES string of the molecule is OCC(Cc1cccc(Cl)c1)c1ccc(Cl)cc1. The zero-order valence-corrected chi connectivity index (χ0v) is 11.3. The van der Waals surface area contributed by atoms with Gasteiger partial charge in [-0.15, -0.1) is 0 Å². The van der Waals surface area contributed by atoms with Gasteiger partial charge in [0, 0.05) is 16.0 Å². The zero-order chi connectivity index (χ0) is 13.0. The van der Waals surface area contributed by atoms with Crippen LogP contribution in [0, 0.1) is 0 Å². The second-order valence-corrected chi connectivity index (χ2v) is 5.14. The van der Waals surface area contributed by atoms with E-state index in [9.17, 15) is 5.11 Å². The molecule has 0 aromatic heterocycles. The van der Waals surface area contributed by atoms with E-state index < -0.39 is 0 Å². The zero-order valence-electron chi connectivity index (χ0n) is 9.81. The van der Waals surface area contributed by atoms with Crippen molar-refractivity contribution in [2.24, 2.45) is 0 Å². The average molecular weight is 281 g/mol. The van der Waals surface area contributed by atoms with E-state index in [0.717, 1.165) is 22.6 Å². The fourth-order valence-corrected chi connectivity index (χ4v) is 2.31. The monoisotopic (exact) mass is 280 g/mol. The Morgan fingerprint density at radius 1 is 0.944 bits per heavy atom. The molecule has 2 aromatic carbocycles. The summed E-state index contributed by atoms with van der Waals surface area (Å²) in [5.41, 5.74) is 2.21. The number of halogens is 2. The lowest BCUT2D eigenvalue weighted by Crippen LogP contribution is -2.07. The van der Waals surface area contributed by atoms with Gasteiger partial charge in [0.2, 0.25) is 0 Å². The van der Waals surface area contributed by atoms with Gasteiger partial charge >= 0.3 is 0 Å². The molecular formula is C15H14Cl2O. The lowest BCUT2D eigenvalue weighted by atomic mass is 9.93. The molecular weight excluding hydrogens is 267 g/mol. The number of hydrogen-bond acceptors (Lipinski definition) is 1. The molecule has 0 aliphatic heterocycles. The van der Waals surface area contributed by atoms with Crippen molar-refractivity contribution < 1.29 is 5.11 Å². The maximum Gasteiger partial charge on any atom is 0.0502 e. The number of hydrogen-bond donors (Lipinski definition) is 1. The molecule has 94 valence electrons. The summed E-state index contributed by atoms with van der Waals surface area (Å²) in [6.07, 6.45) is 0.763. The third kappa shape index (κ3) is 3.49. The van der Waals surface area contributed by atoms with Gasteiger partial charge in [-0.25, -0.2) is 0 Å². The maximum absolute atomic E-state index is 9.51. The van der Waals surface area contributed by atoms with Crippen LogP contribution in [0.3, 0.4) is 0 Å². The average Bonchev–Trinajstić information content (AvgIpc) is 2.37. The number of aliphatic hydroxyl groups is 1. The largest absolute Gasteiger partial charge is 0.396 e. The summed E-state index contributed by atoms with van der Waals surface area (Å²) in [5, 5.41) is 10.9. The van der Waals surface area contributed by atoms with Crippen molar-refractivity contribution in [1.29, 1.82) is 0 Å². The fourth-order valence-electron chi connectivity index (χ4n) is 1.97. The molecule has 0 aliphatic carbocycles. The minimum absolute atomic E-state index is 0.0701. The van der Waals surface area contributed by atoms with Gasteiger partial charge < -0.3 is 5.11 Å². The molecule has 1 atom stereocenters. The van der Waals surface area contributed by atoms with Gasteiger partial charge in [-0.3, -0.25) is 0 Å². The van der Waals surface area contributed by atoms with Crippen molar-refractivity contribution in [3.05, 3.63) is 69.7 Å². The Morgan fingerprint density at radius 2 is 1.67 bits per heavy atom. The Morgan fingerprint density at radius 3 is 2.28 bits per heavy atom. The molecule has 1 N–H and O–H groups in total. The predicted octanol–water partition coefficient (Wildman–Crippen LogP) is 4.31. The van der Waals surface area contributed by atoms with E-state index in [2.05, 4.69) is 0 Å². The molecule has 0 saturated carbocycles. The first-order chi connectivity index (χ1) is 8.69. The lowest BCUT2D eigenvalue weighted by Gasteiger charge is -2.15. The molecule has 2 rings (SSSR count). The van der Waals surface area contributed by atoms with E-state index in [4.69, 9.17) is 23.2 Å². The topological polar surface area (TPSA) is 20.2 Å². The summed E-state index contributed by atoms with van der Waals surface area (Å²) in [6.45, 7) is 0.105. The van der Waals surface area contributed by atoms with Crippen molar-refractivity contribution in [2.45, 2.75) is 12.3 Å². The van der Waals surface area contributed by atoms with Gasteiger partial charge in [0.15, 0.2) is 0 Å². The van der Waals surface area contributed by atoms with Crippen LogP contribution in [0.5, 0.6) is 0 Å². The van der Waals surface area contributed by atoms with Crippen LogP contribution >= 0.6 is 23.2 Å². The molecule has 1 nitrogen and oxygen atoms in total. The van der Waals surface area contributed by atoms with Crippen molar-refractivity contribution in [2.75, 3.05) is 6.61 Å². The van der Waals surface area contributed by atoms with Crippen LogP contribution in [-0.4, -0.2) is 11.7 Å². The number of aliphatic hydroxyl groups excluding tert-OH is 1. The minimum atomic E-state index is 0.0701. The van der Waals surface area contributed by atoms with Gasteiger partial charge in [0.05, 0.1) is 6.61 Å². The van der Waals surface area contributed by atoms with E-state index in [1.807, 2.05) is 48.5 Å². The smallest absolute Gasteiger partial charge is 0.0502 e. The summed E-state index contributed by atoms with van der Waals surface area (Å²) < 4.78 is 0. The van der Waals surface area contributed by atoms with E-state index in [1.54, 1.807) is 0 Å². The van der Waals surface area contributed by atoms with E-state index in [1.165, 1.54) is 0 Å². The van der Waals surface area contributed by atoms with Gasteiger partial charge in [-0.05, 0) is 41.8 Å². The van der Waals surface area contributed by atoms with Crippen LogP contribution in [0.25, 0.3) is 0 Å². The molecule has 0 heterocycles. The number of benzene rings is 2. The first-order valence-corrected chi connectivity index (χ1v) is 6.55. The molecule has 3 heteroatoms. The molecule has 0 spiro atoms. The second kappa shape index (κ2) is 6.24. The normalized spacial score (nSPS) is 12.4. The molecule has 18 heavy (non-hydrogen) atoms. The molecule has 0 aliphatic rings. The molecule has 0 fully saturated rings. The first-order valence-electron chi connectivity index (χ1n) is 5.80. The van der Waals surface area contributed by atoms with Crippen molar-refractivity contribution in [1.82, 2.24) is 0 Å². The highest BCUT2D eigenvalue weighted by Crippen LogP contribution is 2.23. The molecule has 0 amide bonds. The van der Waals surface area contributed by atoms with Crippen molar-refractivity contribution in [3.8, 4) is 0 Å². The molecule has 0 radical (unpaired) electrons. The fraction of sp³-hybridized carbons (Fsp3) is 0.200. The summed E-state index contributed by atoms with van der Waals surface area (Å²) in [4.78, 5) is 0. The van der Waals surface area contributed by atoms with E-state index in [-0.39, 0.29) is 12.5 Å². The second-order valence-electron chi connectivity index (χ2n) is 4.27. The summed E-state index contributed by atoms with van der Waals surface area (Å²) in [6, 6.07) is 15.3. The van der Waals surface area contributed by atoms with Crippen LogP contribution in [0.1, 0.15) is 17.0 Å². The highest BCUT2D eigenvalue weighted by atomic mass is 35.5. The van der Waals surface area contributed by atoms with Crippen LogP contribution < -0.4 is 0 Å². The molecule has 0 bridgehead atoms. The van der Waals surface area contributed by atoms with Crippen molar-refractivity contribution in [3.63, 3.8) is 0 Å². The van der Waals surface area contributed by atoms with Crippen LogP contribution in [0.15, 0.2) is 48.5 Å².